The third-order valence-electron chi connectivity index (χ3n) is 5.37. The van der Waals surface area contributed by atoms with Crippen molar-refractivity contribution in [3.8, 4) is 5.75 Å². The largest absolute Gasteiger partial charge is 0.492 e. The molecule has 1 amide bonds. The normalized spacial score (nSPS) is 24.2. The number of aryl methyl sites for hydroxylation is 1. The van der Waals surface area contributed by atoms with E-state index in [-0.39, 0.29) is 5.92 Å². The highest BCUT2D eigenvalue weighted by Crippen LogP contribution is 2.26. The summed E-state index contributed by atoms with van der Waals surface area (Å²) in [4.78, 5) is 21.8. The van der Waals surface area contributed by atoms with E-state index in [1.165, 1.54) is 0 Å². The number of hydrogen-bond acceptors (Lipinski definition) is 4. The molecule has 144 valence electrons. The van der Waals surface area contributed by atoms with E-state index in [2.05, 4.69) is 28.6 Å². The molecule has 0 spiro atoms. The second-order valence-electron chi connectivity index (χ2n) is 8.39. The molecule has 2 aliphatic heterocycles. The Morgan fingerprint density at radius 1 is 1.27 bits per heavy atom. The molecular weight excluding hydrogens is 326 g/mol. The zero-order valence-electron chi connectivity index (χ0n) is 16.5. The number of likely N-dealkylation sites (tertiary alicyclic amines) is 2. The Bertz CT molecular complexity index is 581. The number of aromatic nitrogens is 1. The van der Waals surface area contributed by atoms with Crippen LogP contribution >= 0.6 is 0 Å². The maximum Gasteiger partial charge on any atom is 0.226 e. The first-order valence-electron chi connectivity index (χ1n) is 10.1. The van der Waals surface area contributed by atoms with E-state index in [9.17, 15) is 4.79 Å². The summed E-state index contributed by atoms with van der Waals surface area (Å²) in [7, 11) is 0. The van der Waals surface area contributed by atoms with Gasteiger partial charge in [0.15, 0.2) is 0 Å². The first-order chi connectivity index (χ1) is 12.5. The Hall–Kier alpha value is -1.62. The summed E-state index contributed by atoms with van der Waals surface area (Å²) in [6.45, 7) is 12.0. The molecule has 0 aromatic carbocycles. The predicted molar refractivity (Wildman–Crippen MR) is 103 cm³/mol. The summed E-state index contributed by atoms with van der Waals surface area (Å²) >= 11 is 0. The molecule has 3 rings (SSSR count). The Kier molecular flexibility index (Phi) is 6.52. The van der Waals surface area contributed by atoms with Crippen LogP contribution in [0.4, 0.5) is 0 Å². The quantitative estimate of drug-likeness (QED) is 0.783. The van der Waals surface area contributed by atoms with Gasteiger partial charge >= 0.3 is 0 Å². The van der Waals surface area contributed by atoms with Crippen molar-refractivity contribution in [2.45, 2.75) is 40.0 Å². The van der Waals surface area contributed by atoms with Crippen LogP contribution in [0.15, 0.2) is 18.3 Å². The van der Waals surface area contributed by atoms with Crippen molar-refractivity contribution in [1.82, 2.24) is 14.8 Å². The van der Waals surface area contributed by atoms with Gasteiger partial charge < -0.3 is 14.5 Å². The molecule has 26 heavy (non-hydrogen) atoms. The summed E-state index contributed by atoms with van der Waals surface area (Å²) in [6, 6.07) is 3.95. The molecule has 5 nitrogen and oxygen atoms in total. The zero-order chi connectivity index (χ0) is 18.5. The lowest BCUT2D eigenvalue weighted by molar-refractivity contribution is -0.137. The lowest BCUT2D eigenvalue weighted by atomic mass is 9.88. The minimum atomic E-state index is 0.116. The molecule has 0 bridgehead atoms. The summed E-state index contributed by atoms with van der Waals surface area (Å²) in [5.41, 5.74) is 0.995. The van der Waals surface area contributed by atoms with Crippen molar-refractivity contribution < 1.29 is 9.53 Å². The minimum Gasteiger partial charge on any atom is -0.492 e. The Morgan fingerprint density at radius 3 is 2.69 bits per heavy atom. The SMILES string of the molecule is Cc1ccc(OC[C@H]2C[C@@H](C(=O)N3CCCC3)CN(CC(C)C)C2)cn1. The van der Waals surface area contributed by atoms with Crippen molar-refractivity contribution in [3.05, 3.63) is 24.0 Å². The van der Waals surface area contributed by atoms with Crippen LogP contribution in [0, 0.1) is 24.7 Å². The zero-order valence-corrected chi connectivity index (χ0v) is 16.5. The molecule has 0 unspecified atom stereocenters. The van der Waals surface area contributed by atoms with E-state index in [0.717, 1.165) is 63.4 Å². The number of nitrogens with zero attached hydrogens (tertiary/aromatic N) is 3. The first-order valence-corrected chi connectivity index (χ1v) is 10.1. The van der Waals surface area contributed by atoms with Gasteiger partial charge in [0, 0.05) is 44.3 Å². The van der Waals surface area contributed by atoms with Gasteiger partial charge in [-0.2, -0.15) is 0 Å². The number of amides is 1. The topological polar surface area (TPSA) is 45.7 Å². The Morgan fingerprint density at radius 2 is 2.04 bits per heavy atom. The van der Waals surface area contributed by atoms with Crippen LogP contribution in [-0.4, -0.2) is 60.0 Å². The van der Waals surface area contributed by atoms with Crippen molar-refractivity contribution in [2.75, 3.05) is 39.3 Å². The van der Waals surface area contributed by atoms with Crippen molar-refractivity contribution >= 4 is 5.91 Å². The number of hydrogen-bond donors (Lipinski definition) is 0. The molecule has 0 saturated carbocycles. The van der Waals surface area contributed by atoms with Gasteiger partial charge in [0.1, 0.15) is 5.75 Å². The summed E-state index contributed by atoms with van der Waals surface area (Å²) in [5, 5.41) is 0. The van der Waals surface area contributed by atoms with Crippen LogP contribution in [0.5, 0.6) is 5.75 Å². The number of piperidine rings is 1. The molecule has 0 aliphatic carbocycles. The van der Waals surface area contributed by atoms with Crippen molar-refractivity contribution in [3.63, 3.8) is 0 Å². The highest BCUT2D eigenvalue weighted by molar-refractivity contribution is 5.79. The lowest BCUT2D eigenvalue weighted by Crippen LogP contribution is -2.49. The second kappa shape index (κ2) is 8.85. The van der Waals surface area contributed by atoms with Crippen molar-refractivity contribution in [2.24, 2.45) is 17.8 Å². The molecule has 2 saturated heterocycles. The fourth-order valence-corrected chi connectivity index (χ4v) is 4.22. The third kappa shape index (κ3) is 5.19. The van der Waals surface area contributed by atoms with E-state index in [0.29, 0.717) is 24.3 Å². The minimum absolute atomic E-state index is 0.116. The van der Waals surface area contributed by atoms with E-state index in [1.54, 1.807) is 6.20 Å². The molecule has 2 atom stereocenters. The van der Waals surface area contributed by atoms with Gasteiger partial charge in [-0.1, -0.05) is 13.8 Å². The van der Waals surface area contributed by atoms with Crippen LogP contribution in [-0.2, 0) is 4.79 Å². The number of ether oxygens (including phenoxy) is 1. The van der Waals surface area contributed by atoms with Gasteiger partial charge in [0.2, 0.25) is 5.91 Å². The molecular formula is C21H33N3O2. The third-order valence-corrected chi connectivity index (χ3v) is 5.37. The smallest absolute Gasteiger partial charge is 0.226 e. The van der Waals surface area contributed by atoms with Crippen LogP contribution in [0.1, 0.15) is 38.8 Å². The van der Waals surface area contributed by atoms with Crippen LogP contribution in [0.3, 0.4) is 0 Å². The van der Waals surface area contributed by atoms with Gasteiger partial charge in [-0.3, -0.25) is 9.78 Å². The van der Waals surface area contributed by atoms with Gasteiger partial charge in [-0.05, 0) is 44.2 Å². The second-order valence-corrected chi connectivity index (χ2v) is 8.39. The molecule has 2 aliphatic rings. The fourth-order valence-electron chi connectivity index (χ4n) is 4.22. The summed E-state index contributed by atoms with van der Waals surface area (Å²) < 4.78 is 5.99. The van der Waals surface area contributed by atoms with Crippen LogP contribution in [0.25, 0.3) is 0 Å². The Labute approximate surface area is 157 Å². The summed E-state index contributed by atoms with van der Waals surface area (Å²) in [6.07, 6.45) is 5.03. The molecule has 1 aromatic heterocycles. The number of pyridine rings is 1. The van der Waals surface area contributed by atoms with E-state index >= 15 is 0 Å². The van der Waals surface area contributed by atoms with Crippen LogP contribution in [0.2, 0.25) is 0 Å². The van der Waals surface area contributed by atoms with Crippen LogP contribution < -0.4 is 4.74 Å². The van der Waals surface area contributed by atoms with E-state index < -0.39 is 0 Å². The summed E-state index contributed by atoms with van der Waals surface area (Å²) in [5.74, 6) is 2.29. The average Bonchev–Trinajstić information content (AvgIpc) is 3.14. The van der Waals surface area contributed by atoms with E-state index in [1.807, 2.05) is 19.1 Å². The predicted octanol–water partition coefficient (Wildman–Crippen LogP) is 2.99. The highest BCUT2D eigenvalue weighted by atomic mass is 16.5. The number of rotatable bonds is 6. The molecule has 5 heteroatoms. The maximum absolute atomic E-state index is 12.9. The lowest BCUT2D eigenvalue weighted by Gasteiger charge is -2.39. The molecule has 0 radical (unpaired) electrons. The number of carbonyl (C=O) groups excluding carboxylic acids is 1. The van der Waals surface area contributed by atoms with Crippen molar-refractivity contribution in [1.29, 1.82) is 0 Å². The Balaban J connectivity index is 1.61. The standard InChI is InChI=1S/C21H33N3O2/c1-16(2)12-23-13-18(15-26-20-7-6-17(3)22-11-20)10-19(14-23)21(25)24-8-4-5-9-24/h6-7,11,16,18-19H,4-5,8-10,12-15H2,1-3H3/t18-,19+/m0/s1. The van der Waals surface area contributed by atoms with Gasteiger partial charge in [0.05, 0.1) is 18.7 Å². The molecule has 2 fully saturated rings. The van der Waals surface area contributed by atoms with Gasteiger partial charge in [0.25, 0.3) is 0 Å². The molecule has 0 N–H and O–H groups in total. The maximum atomic E-state index is 12.9. The van der Waals surface area contributed by atoms with Gasteiger partial charge in [-0.25, -0.2) is 0 Å². The monoisotopic (exact) mass is 359 g/mol. The molecule has 3 heterocycles. The van der Waals surface area contributed by atoms with E-state index in [4.69, 9.17) is 4.74 Å². The molecule has 1 aromatic rings. The number of carbonyl (C=O) groups is 1. The first kappa shape index (κ1) is 19.2. The fraction of sp³-hybridized carbons (Fsp3) is 0.714. The van der Waals surface area contributed by atoms with Gasteiger partial charge in [-0.15, -0.1) is 0 Å². The average molecular weight is 360 g/mol. The highest BCUT2D eigenvalue weighted by Gasteiger charge is 2.35.